The maximum absolute atomic E-state index is 11.5. The van der Waals surface area contributed by atoms with Gasteiger partial charge < -0.3 is 19.5 Å². The molecule has 1 N–H and O–H groups in total. The minimum Gasteiger partial charge on any atom is -0.493 e. The maximum atomic E-state index is 11.5. The number of amides is 1. The van der Waals surface area contributed by atoms with Crippen molar-refractivity contribution in [1.29, 1.82) is 0 Å². The molecule has 0 radical (unpaired) electrons. The van der Waals surface area contributed by atoms with E-state index in [1.807, 2.05) is 25.1 Å². The quantitative estimate of drug-likeness (QED) is 0.812. The molecule has 1 aliphatic heterocycles. The van der Waals surface area contributed by atoms with Gasteiger partial charge in [0.25, 0.3) is 0 Å². The number of methoxy groups -OCH3 is 1. The normalized spacial score (nSPS) is 23.4. The molecule has 25 heavy (non-hydrogen) atoms. The smallest absolute Gasteiger partial charge is 0.217 e. The zero-order chi connectivity index (χ0) is 18.4. The predicted octanol–water partition coefficient (Wildman–Crippen LogP) is 3.86. The summed E-state index contributed by atoms with van der Waals surface area (Å²) in [7, 11) is 1.64. The van der Waals surface area contributed by atoms with Crippen LogP contribution in [0.15, 0.2) is 18.2 Å². The molecule has 0 aliphatic carbocycles. The third-order valence-corrected chi connectivity index (χ3v) is 4.40. The first-order valence-electron chi connectivity index (χ1n) is 9.16. The van der Waals surface area contributed by atoms with Gasteiger partial charge in [0, 0.05) is 13.0 Å². The summed E-state index contributed by atoms with van der Waals surface area (Å²) >= 11 is 0. The molecule has 0 saturated carbocycles. The van der Waals surface area contributed by atoms with Gasteiger partial charge in [-0.05, 0) is 49.8 Å². The minimum absolute atomic E-state index is 0.0127. The molecule has 1 aromatic rings. The molecule has 3 atom stereocenters. The lowest BCUT2D eigenvalue weighted by Crippen LogP contribution is -2.42. The summed E-state index contributed by atoms with van der Waals surface area (Å²) in [5, 5.41) is 3.07. The van der Waals surface area contributed by atoms with Crippen LogP contribution in [0.3, 0.4) is 0 Å². The van der Waals surface area contributed by atoms with Crippen molar-refractivity contribution in [1.82, 2.24) is 5.32 Å². The maximum Gasteiger partial charge on any atom is 0.217 e. The van der Waals surface area contributed by atoms with E-state index in [-0.39, 0.29) is 24.2 Å². The average molecular weight is 349 g/mol. The van der Waals surface area contributed by atoms with Gasteiger partial charge in [-0.2, -0.15) is 0 Å². The van der Waals surface area contributed by atoms with Gasteiger partial charge >= 0.3 is 0 Å². The molecule has 1 heterocycles. The number of rotatable bonds is 7. The number of ether oxygens (including phenoxy) is 3. The molecule has 1 fully saturated rings. The zero-order valence-electron chi connectivity index (χ0n) is 16.0. The number of hydrogen-bond donors (Lipinski definition) is 1. The van der Waals surface area contributed by atoms with Crippen LogP contribution in [0.25, 0.3) is 0 Å². The van der Waals surface area contributed by atoms with Crippen LogP contribution < -0.4 is 14.8 Å². The lowest BCUT2D eigenvalue weighted by atomic mass is 9.90. The Hall–Kier alpha value is -1.75. The number of carbonyl (C=O) groups is 1. The largest absolute Gasteiger partial charge is 0.493 e. The Bertz CT molecular complexity index is 573. The molecular weight excluding hydrogens is 318 g/mol. The second kappa shape index (κ2) is 9.09. The Morgan fingerprint density at radius 3 is 2.68 bits per heavy atom. The first-order chi connectivity index (χ1) is 11.9. The summed E-state index contributed by atoms with van der Waals surface area (Å²) in [6.07, 6.45) is 2.71. The summed E-state index contributed by atoms with van der Waals surface area (Å²) in [5.41, 5.74) is 1.06. The number of hydrogen-bond acceptors (Lipinski definition) is 4. The molecule has 1 aromatic carbocycles. The SMILES string of the molecule is CCOc1cc([C@H]2C[C@@H](NC(C)=O)C[C@@H](CC(C)C)O2)ccc1OC. The summed E-state index contributed by atoms with van der Waals surface area (Å²) in [6, 6.07) is 6.07. The van der Waals surface area contributed by atoms with Crippen molar-refractivity contribution < 1.29 is 19.0 Å². The number of benzene rings is 1. The van der Waals surface area contributed by atoms with Crippen molar-refractivity contribution in [2.45, 2.75) is 65.2 Å². The summed E-state index contributed by atoms with van der Waals surface area (Å²) < 4.78 is 17.4. The Balaban J connectivity index is 2.22. The van der Waals surface area contributed by atoms with E-state index in [1.54, 1.807) is 14.0 Å². The van der Waals surface area contributed by atoms with Crippen LogP contribution in [-0.4, -0.2) is 31.8 Å². The Morgan fingerprint density at radius 2 is 2.08 bits per heavy atom. The molecule has 2 rings (SSSR count). The van der Waals surface area contributed by atoms with Gasteiger partial charge in [-0.25, -0.2) is 0 Å². The van der Waals surface area contributed by atoms with Crippen LogP contribution in [0, 0.1) is 5.92 Å². The van der Waals surface area contributed by atoms with Crippen molar-refractivity contribution in [3.05, 3.63) is 23.8 Å². The highest BCUT2D eigenvalue weighted by Gasteiger charge is 2.31. The molecule has 1 saturated heterocycles. The van der Waals surface area contributed by atoms with Crippen molar-refractivity contribution in [2.75, 3.05) is 13.7 Å². The van der Waals surface area contributed by atoms with Gasteiger partial charge in [0.2, 0.25) is 5.91 Å². The highest BCUT2D eigenvalue weighted by Crippen LogP contribution is 2.37. The topological polar surface area (TPSA) is 56.8 Å². The fourth-order valence-corrected chi connectivity index (χ4v) is 3.47. The molecule has 0 unspecified atom stereocenters. The van der Waals surface area contributed by atoms with Gasteiger partial charge in [-0.3, -0.25) is 4.79 Å². The fraction of sp³-hybridized carbons (Fsp3) is 0.650. The van der Waals surface area contributed by atoms with Crippen LogP contribution in [0.4, 0.5) is 0 Å². The molecule has 5 nitrogen and oxygen atoms in total. The van der Waals surface area contributed by atoms with E-state index in [0.717, 1.165) is 36.3 Å². The number of carbonyl (C=O) groups excluding carboxylic acids is 1. The average Bonchev–Trinajstić information content (AvgIpc) is 2.53. The standard InChI is InChI=1S/C20H31NO4/c1-6-24-20-10-15(7-8-18(20)23-5)19-12-16(21-14(4)22)11-17(25-19)9-13(2)3/h7-8,10,13,16-17,19H,6,9,11-12H2,1-5H3,(H,21,22)/t16-,17+,19+/m0/s1. The van der Waals surface area contributed by atoms with Gasteiger partial charge in [-0.1, -0.05) is 19.9 Å². The second-order valence-corrected chi connectivity index (χ2v) is 7.09. The molecular formula is C20H31NO4. The summed E-state index contributed by atoms with van der Waals surface area (Å²) in [4.78, 5) is 11.5. The highest BCUT2D eigenvalue weighted by molar-refractivity contribution is 5.73. The van der Waals surface area contributed by atoms with Gasteiger partial charge in [-0.15, -0.1) is 0 Å². The summed E-state index contributed by atoms with van der Waals surface area (Å²) in [6.45, 7) is 8.49. The zero-order valence-corrected chi connectivity index (χ0v) is 16.0. The molecule has 1 amide bonds. The Morgan fingerprint density at radius 1 is 1.32 bits per heavy atom. The first kappa shape index (κ1) is 19.6. The summed E-state index contributed by atoms with van der Waals surface area (Å²) in [5.74, 6) is 2.02. The third-order valence-electron chi connectivity index (χ3n) is 4.40. The van der Waals surface area contributed by atoms with E-state index >= 15 is 0 Å². The van der Waals surface area contributed by atoms with E-state index in [1.165, 1.54) is 0 Å². The van der Waals surface area contributed by atoms with E-state index < -0.39 is 0 Å². The second-order valence-electron chi connectivity index (χ2n) is 7.09. The van der Waals surface area contributed by atoms with Gasteiger partial charge in [0.05, 0.1) is 25.9 Å². The van der Waals surface area contributed by atoms with Crippen LogP contribution >= 0.6 is 0 Å². The molecule has 0 spiro atoms. The van der Waals surface area contributed by atoms with Gasteiger partial charge in [0.15, 0.2) is 11.5 Å². The predicted molar refractivity (Wildman–Crippen MR) is 98.1 cm³/mol. The van der Waals surface area contributed by atoms with Crippen LogP contribution in [0.1, 0.15) is 58.6 Å². The molecule has 1 aliphatic rings. The Labute approximate surface area is 151 Å². The fourth-order valence-electron chi connectivity index (χ4n) is 3.47. The van der Waals surface area contributed by atoms with Crippen molar-refractivity contribution >= 4 is 5.91 Å². The molecule has 5 heteroatoms. The molecule has 140 valence electrons. The van der Waals surface area contributed by atoms with E-state index in [4.69, 9.17) is 14.2 Å². The van der Waals surface area contributed by atoms with Crippen molar-refractivity contribution in [3.8, 4) is 11.5 Å². The van der Waals surface area contributed by atoms with Crippen LogP contribution in [-0.2, 0) is 9.53 Å². The van der Waals surface area contributed by atoms with Crippen molar-refractivity contribution in [3.63, 3.8) is 0 Å². The van der Waals surface area contributed by atoms with Crippen LogP contribution in [0.5, 0.6) is 11.5 Å². The van der Waals surface area contributed by atoms with Crippen LogP contribution in [0.2, 0.25) is 0 Å². The lowest BCUT2D eigenvalue weighted by Gasteiger charge is -2.37. The van der Waals surface area contributed by atoms with Gasteiger partial charge in [0.1, 0.15) is 0 Å². The molecule has 0 aromatic heterocycles. The molecule has 0 bridgehead atoms. The Kier molecular flexibility index (Phi) is 7.12. The minimum atomic E-state index is -0.0561. The third kappa shape index (κ3) is 5.63. The highest BCUT2D eigenvalue weighted by atomic mass is 16.5. The first-order valence-corrected chi connectivity index (χ1v) is 9.16. The monoisotopic (exact) mass is 349 g/mol. The lowest BCUT2D eigenvalue weighted by molar-refractivity contribution is -0.122. The number of nitrogens with one attached hydrogen (secondary N) is 1. The van der Waals surface area contributed by atoms with E-state index in [9.17, 15) is 4.79 Å². The van der Waals surface area contributed by atoms with Crippen molar-refractivity contribution in [2.24, 2.45) is 5.92 Å². The van der Waals surface area contributed by atoms with E-state index in [2.05, 4.69) is 19.2 Å². The van der Waals surface area contributed by atoms with E-state index in [0.29, 0.717) is 12.5 Å².